The van der Waals surface area contributed by atoms with Gasteiger partial charge in [0.15, 0.2) is 6.61 Å². The molecule has 1 aliphatic heterocycles. The van der Waals surface area contributed by atoms with Gasteiger partial charge in [0.1, 0.15) is 28.8 Å². The van der Waals surface area contributed by atoms with Crippen LogP contribution in [0.4, 0.5) is 14.5 Å². The Labute approximate surface area is 163 Å². The maximum atomic E-state index is 13.5. The highest BCUT2D eigenvalue weighted by Crippen LogP contribution is 2.41. The predicted octanol–water partition coefficient (Wildman–Crippen LogP) is 2.70. The molecule has 2 atom stereocenters. The van der Waals surface area contributed by atoms with Crippen molar-refractivity contribution in [3.8, 4) is 0 Å². The van der Waals surface area contributed by atoms with Gasteiger partial charge in [0.25, 0.3) is 5.91 Å². The largest absolute Gasteiger partial charge is 0.466 e. The second kappa shape index (κ2) is 8.42. The zero-order chi connectivity index (χ0) is 20.3. The Bertz CT molecular complexity index is 890. The number of amides is 2. The van der Waals surface area contributed by atoms with Gasteiger partial charge in [-0.25, -0.2) is 13.6 Å². The third-order valence-electron chi connectivity index (χ3n) is 3.97. The molecule has 1 fully saturated rings. The third kappa shape index (κ3) is 4.33. The van der Waals surface area contributed by atoms with Gasteiger partial charge in [0.05, 0.1) is 12.0 Å². The summed E-state index contributed by atoms with van der Waals surface area (Å²) >= 11 is 1.33. The molecule has 2 heterocycles. The first-order valence-corrected chi connectivity index (χ1v) is 9.27. The first-order chi connectivity index (χ1) is 13.4. The maximum absolute atomic E-state index is 13.5. The van der Waals surface area contributed by atoms with E-state index < -0.39 is 41.5 Å². The lowest BCUT2D eigenvalue weighted by atomic mass is 10.2. The van der Waals surface area contributed by atoms with E-state index in [1.165, 1.54) is 29.8 Å². The second-order valence-corrected chi connectivity index (χ2v) is 7.04. The molecule has 3 rings (SSSR count). The Morgan fingerprint density at radius 1 is 1.32 bits per heavy atom. The highest BCUT2D eigenvalue weighted by molar-refractivity contribution is 7.99. The number of benzene rings is 1. The van der Waals surface area contributed by atoms with Gasteiger partial charge in [0, 0.05) is 18.7 Å². The number of rotatable bonds is 5. The highest BCUT2D eigenvalue weighted by atomic mass is 32.2. The molecule has 0 radical (unpaired) electrons. The molecular formula is C18H16F2N2O5S. The summed E-state index contributed by atoms with van der Waals surface area (Å²) in [5, 5.41) is 1.66. The summed E-state index contributed by atoms with van der Waals surface area (Å²) < 4.78 is 37.0. The van der Waals surface area contributed by atoms with Crippen LogP contribution < -0.4 is 5.32 Å². The number of anilines is 1. The summed E-state index contributed by atoms with van der Waals surface area (Å²) in [6, 6.07) is 5.07. The van der Waals surface area contributed by atoms with Crippen molar-refractivity contribution in [1.29, 1.82) is 0 Å². The molecule has 1 aromatic heterocycles. The van der Waals surface area contributed by atoms with Gasteiger partial charge in [0.2, 0.25) is 5.91 Å². The minimum atomic E-state index is -0.892. The van der Waals surface area contributed by atoms with E-state index in [2.05, 4.69) is 5.32 Å². The Morgan fingerprint density at radius 2 is 2.11 bits per heavy atom. The number of hydrogen-bond donors (Lipinski definition) is 1. The summed E-state index contributed by atoms with van der Waals surface area (Å²) in [5.74, 6) is -2.71. The zero-order valence-corrected chi connectivity index (χ0v) is 15.5. The third-order valence-corrected chi connectivity index (χ3v) is 5.25. The summed E-state index contributed by atoms with van der Waals surface area (Å²) in [6.07, 6.45) is 1.47. The van der Waals surface area contributed by atoms with Gasteiger partial charge in [-0.1, -0.05) is 0 Å². The van der Waals surface area contributed by atoms with Crippen LogP contribution in [-0.4, -0.2) is 41.1 Å². The molecule has 2 aromatic rings. The van der Waals surface area contributed by atoms with Crippen LogP contribution in [0.5, 0.6) is 0 Å². The first kappa shape index (κ1) is 19.9. The van der Waals surface area contributed by atoms with Gasteiger partial charge in [-0.05, 0) is 24.3 Å². The molecule has 1 saturated heterocycles. The van der Waals surface area contributed by atoms with Crippen LogP contribution in [-0.2, 0) is 19.1 Å². The minimum Gasteiger partial charge on any atom is -0.466 e. The van der Waals surface area contributed by atoms with E-state index in [-0.39, 0.29) is 17.3 Å². The van der Waals surface area contributed by atoms with Gasteiger partial charge in [-0.3, -0.25) is 9.59 Å². The number of nitrogens with zero attached hydrogens (tertiary/aromatic N) is 1. The molecule has 2 amide bonds. The lowest BCUT2D eigenvalue weighted by molar-refractivity contribution is -0.155. The van der Waals surface area contributed by atoms with Crippen LogP contribution >= 0.6 is 11.8 Å². The van der Waals surface area contributed by atoms with E-state index in [4.69, 9.17) is 9.15 Å². The SMILES string of the molecule is CC(=O)N1[C@@H](c2ccco2)SC[C@H]1C(=O)OCC(=O)Nc1cc(F)ccc1F. The van der Waals surface area contributed by atoms with Crippen LogP contribution in [0.2, 0.25) is 0 Å². The van der Waals surface area contributed by atoms with Crippen LogP contribution in [0, 0.1) is 11.6 Å². The van der Waals surface area contributed by atoms with Crippen molar-refractivity contribution in [2.24, 2.45) is 0 Å². The predicted molar refractivity (Wildman–Crippen MR) is 96.2 cm³/mol. The molecule has 0 aliphatic carbocycles. The van der Waals surface area contributed by atoms with Crippen LogP contribution in [0.1, 0.15) is 18.1 Å². The molecule has 7 nitrogen and oxygen atoms in total. The molecular weight excluding hydrogens is 394 g/mol. The van der Waals surface area contributed by atoms with Crippen molar-refractivity contribution in [2.75, 3.05) is 17.7 Å². The molecule has 148 valence electrons. The number of furan rings is 1. The van der Waals surface area contributed by atoms with E-state index in [9.17, 15) is 23.2 Å². The topological polar surface area (TPSA) is 88.8 Å². The Balaban J connectivity index is 1.60. The number of thioether (sulfide) groups is 1. The quantitative estimate of drug-likeness (QED) is 0.763. The molecule has 0 saturated carbocycles. The van der Waals surface area contributed by atoms with Gasteiger partial charge in [-0.2, -0.15) is 0 Å². The van der Waals surface area contributed by atoms with Crippen molar-refractivity contribution in [1.82, 2.24) is 4.90 Å². The fourth-order valence-corrected chi connectivity index (χ4v) is 4.15. The minimum absolute atomic E-state index is 0.268. The lowest BCUT2D eigenvalue weighted by Crippen LogP contribution is -2.43. The van der Waals surface area contributed by atoms with Crippen LogP contribution in [0.3, 0.4) is 0 Å². The standard InChI is InChI=1S/C18H16F2N2O5S/c1-10(23)22-14(9-28-17(22)15-3-2-6-26-15)18(25)27-8-16(24)21-13-7-11(19)4-5-12(13)20/h2-7,14,17H,8-9H2,1H3,(H,21,24)/t14-,17+/m0/s1. The number of carbonyl (C=O) groups is 3. The van der Waals surface area contributed by atoms with Crippen molar-refractivity contribution >= 4 is 35.2 Å². The normalized spacial score (nSPS) is 18.8. The summed E-state index contributed by atoms with van der Waals surface area (Å²) in [7, 11) is 0. The monoisotopic (exact) mass is 410 g/mol. The summed E-state index contributed by atoms with van der Waals surface area (Å²) in [5.41, 5.74) is -0.360. The second-order valence-electron chi connectivity index (χ2n) is 5.92. The maximum Gasteiger partial charge on any atom is 0.330 e. The molecule has 1 aromatic carbocycles. The van der Waals surface area contributed by atoms with E-state index in [0.29, 0.717) is 5.76 Å². The Hall–Kier alpha value is -2.88. The fraction of sp³-hybridized carbons (Fsp3) is 0.278. The van der Waals surface area contributed by atoms with Crippen LogP contribution in [0.25, 0.3) is 0 Å². The van der Waals surface area contributed by atoms with Crippen molar-refractivity contribution < 1.29 is 32.3 Å². The number of halogens is 2. The number of hydrogen-bond acceptors (Lipinski definition) is 6. The number of ether oxygens (including phenoxy) is 1. The molecule has 10 heteroatoms. The average molecular weight is 410 g/mol. The van der Waals surface area contributed by atoms with Crippen molar-refractivity contribution in [3.05, 3.63) is 54.0 Å². The van der Waals surface area contributed by atoms with Gasteiger partial charge in [-0.15, -0.1) is 11.8 Å². The smallest absolute Gasteiger partial charge is 0.330 e. The van der Waals surface area contributed by atoms with Crippen LogP contribution in [0.15, 0.2) is 41.0 Å². The fourth-order valence-electron chi connectivity index (χ4n) is 2.74. The number of carbonyl (C=O) groups excluding carboxylic acids is 3. The molecule has 28 heavy (non-hydrogen) atoms. The molecule has 1 N–H and O–H groups in total. The Kier molecular flexibility index (Phi) is 5.98. The highest BCUT2D eigenvalue weighted by Gasteiger charge is 2.43. The zero-order valence-electron chi connectivity index (χ0n) is 14.7. The van der Waals surface area contributed by atoms with Gasteiger partial charge >= 0.3 is 5.97 Å². The summed E-state index contributed by atoms with van der Waals surface area (Å²) in [4.78, 5) is 37.6. The molecule has 0 spiro atoms. The van der Waals surface area contributed by atoms with E-state index in [1.807, 2.05) is 0 Å². The van der Waals surface area contributed by atoms with E-state index >= 15 is 0 Å². The molecule has 0 bridgehead atoms. The van der Waals surface area contributed by atoms with Crippen molar-refractivity contribution in [2.45, 2.75) is 18.3 Å². The molecule has 0 unspecified atom stereocenters. The summed E-state index contributed by atoms with van der Waals surface area (Å²) in [6.45, 7) is 0.620. The first-order valence-electron chi connectivity index (χ1n) is 8.22. The van der Waals surface area contributed by atoms with Crippen molar-refractivity contribution in [3.63, 3.8) is 0 Å². The average Bonchev–Trinajstić information content (AvgIpc) is 3.31. The van der Waals surface area contributed by atoms with Gasteiger partial charge < -0.3 is 19.4 Å². The van der Waals surface area contributed by atoms with E-state index in [0.717, 1.165) is 18.2 Å². The number of nitrogens with one attached hydrogen (secondary N) is 1. The Morgan fingerprint density at radius 3 is 2.79 bits per heavy atom. The lowest BCUT2D eigenvalue weighted by Gasteiger charge is -2.25. The molecule has 1 aliphatic rings. The van der Waals surface area contributed by atoms with E-state index in [1.54, 1.807) is 12.1 Å². The number of esters is 1.